The second kappa shape index (κ2) is 7.26. The largest absolute Gasteiger partial charge is 0.459 e. The molecule has 0 aliphatic rings. The number of ether oxygens (including phenoxy) is 2. The lowest BCUT2D eigenvalue weighted by atomic mass is 10.2. The smallest absolute Gasteiger partial charge is 0.427 e. The zero-order chi connectivity index (χ0) is 15.9. The van der Waals surface area contributed by atoms with Gasteiger partial charge in [0, 0.05) is 12.3 Å². The Morgan fingerprint density at radius 3 is 2.73 bits per heavy atom. The topological polar surface area (TPSA) is 90.1 Å². The Morgan fingerprint density at radius 2 is 2.05 bits per heavy atom. The van der Waals surface area contributed by atoms with Gasteiger partial charge in [-0.2, -0.15) is 5.10 Å². The summed E-state index contributed by atoms with van der Waals surface area (Å²) in [6.07, 6.45) is -0.695. The zero-order valence-electron chi connectivity index (χ0n) is 12.3. The Balaban J connectivity index is 2.24. The first-order valence-corrected chi connectivity index (χ1v) is 6.71. The monoisotopic (exact) mass is 304 g/mol. The van der Waals surface area contributed by atoms with Crippen LogP contribution in [-0.2, 0) is 14.3 Å². The molecule has 0 radical (unpaired) electrons. The number of furan rings is 1. The summed E-state index contributed by atoms with van der Waals surface area (Å²) in [7, 11) is 0. The van der Waals surface area contributed by atoms with Gasteiger partial charge in [-0.1, -0.05) is 18.2 Å². The summed E-state index contributed by atoms with van der Waals surface area (Å²) in [5.41, 5.74) is 3.17. The van der Waals surface area contributed by atoms with Crippen molar-refractivity contribution in [3.63, 3.8) is 0 Å². The van der Waals surface area contributed by atoms with Gasteiger partial charge in [-0.05, 0) is 19.1 Å². The third-order valence-electron chi connectivity index (χ3n) is 2.68. The summed E-state index contributed by atoms with van der Waals surface area (Å²) < 4.78 is 15.3. The third kappa shape index (κ3) is 4.08. The number of nitrogens with zero attached hydrogens (tertiary/aromatic N) is 1. The first-order valence-electron chi connectivity index (χ1n) is 6.71. The quantitative estimate of drug-likeness (QED) is 0.520. The maximum absolute atomic E-state index is 11.3. The number of para-hydroxylation sites is 1. The number of benzene rings is 1. The van der Waals surface area contributed by atoms with E-state index in [1.807, 2.05) is 18.2 Å². The minimum absolute atomic E-state index is 0.123. The Hall–Kier alpha value is -2.83. The van der Waals surface area contributed by atoms with E-state index in [1.165, 1.54) is 6.92 Å². The van der Waals surface area contributed by atoms with E-state index in [0.717, 1.165) is 5.39 Å². The molecule has 2 aromatic rings. The molecule has 0 unspecified atom stereocenters. The Kier molecular flexibility index (Phi) is 5.13. The van der Waals surface area contributed by atoms with Crippen molar-refractivity contribution >= 4 is 28.7 Å². The van der Waals surface area contributed by atoms with E-state index < -0.39 is 12.1 Å². The summed E-state index contributed by atoms with van der Waals surface area (Å²) in [5.74, 6) is -0.0563. The Labute approximate surface area is 126 Å². The average Bonchev–Trinajstić information content (AvgIpc) is 2.91. The number of carbonyl (C=O) groups excluding carboxylic acids is 2. The van der Waals surface area contributed by atoms with Gasteiger partial charge in [-0.25, -0.2) is 10.2 Å². The molecular formula is C15H16N2O5. The number of esters is 1. The SMILES string of the molecule is CCOC(=O)NN=C(COC(C)=O)c1cc2ccccc2o1. The highest BCUT2D eigenvalue weighted by Crippen LogP contribution is 2.19. The van der Waals surface area contributed by atoms with Crippen LogP contribution in [0.1, 0.15) is 19.6 Å². The van der Waals surface area contributed by atoms with Crippen molar-refractivity contribution in [3.05, 3.63) is 36.1 Å². The minimum Gasteiger partial charge on any atom is -0.459 e. The molecule has 0 aliphatic heterocycles. The molecule has 7 nitrogen and oxygen atoms in total. The second-order valence-electron chi connectivity index (χ2n) is 4.32. The van der Waals surface area contributed by atoms with Crippen LogP contribution in [0, 0.1) is 0 Å². The van der Waals surface area contributed by atoms with E-state index in [1.54, 1.807) is 19.1 Å². The number of carbonyl (C=O) groups is 2. The molecule has 0 saturated heterocycles. The normalized spacial score (nSPS) is 11.3. The molecule has 0 fully saturated rings. The molecule has 1 N–H and O–H groups in total. The molecule has 1 aromatic heterocycles. The number of rotatable bonds is 5. The van der Waals surface area contributed by atoms with Crippen LogP contribution >= 0.6 is 0 Å². The van der Waals surface area contributed by atoms with Crippen molar-refractivity contribution in [1.82, 2.24) is 5.43 Å². The molecule has 0 spiro atoms. The maximum atomic E-state index is 11.3. The standard InChI is InChI=1S/C15H16N2O5/c1-3-20-15(19)17-16-12(9-21-10(2)18)14-8-11-6-4-5-7-13(11)22-14/h4-8H,3,9H2,1-2H3,(H,17,19). The lowest BCUT2D eigenvalue weighted by molar-refractivity contribution is -0.139. The summed E-state index contributed by atoms with van der Waals surface area (Å²) >= 11 is 0. The van der Waals surface area contributed by atoms with E-state index in [-0.39, 0.29) is 18.9 Å². The molecule has 1 aromatic carbocycles. The fraction of sp³-hybridized carbons (Fsp3) is 0.267. The second-order valence-corrected chi connectivity index (χ2v) is 4.32. The average molecular weight is 304 g/mol. The van der Waals surface area contributed by atoms with Crippen LogP contribution in [0.3, 0.4) is 0 Å². The van der Waals surface area contributed by atoms with Crippen LogP contribution < -0.4 is 5.43 Å². The van der Waals surface area contributed by atoms with Crippen LogP contribution in [0.4, 0.5) is 4.79 Å². The summed E-state index contributed by atoms with van der Waals surface area (Å²) in [6.45, 7) is 3.07. The van der Waals surface area contributed by atoms with Gasteiger partial charge in [0.2, 0.25) is 0 Å². The summed E-state index contributed by atoms with van der Waals surface area (Å²) in [4.78, 5) is 22.3. The third-order valence-corrected chi connectivity index (χ3v) is 2.68. The van der Waals surface area contributed by atoms with Crippen LogP contribution in [0.15, 0.2) is 39.9 Å². The van der Waals surface area contributed by atoms with E-state index in [2.05, 4.69) is 10.5 Å². The van der Waals surface area contributed by atoms with E-state index in [4.69, 9.17) is 13.9 Å². The van der Waals surface area contributed by atoms with Gasteiger partial charge in [0.05, 0.1) is 6.61 Å². The molecular weight excluding hydrogens is 288 g/mol. The predicted octanol–water partition coefficient (Wildman–Crippen LogP) is 2.45. The van der Waals surface area contributed by atoms with Gasteiger partial charge >= 0.3 is 12.1 Å². The van der Waals surface area contributed by atoms with Crippen molar-refractivity contribution in [2.45, 2.75) is 13.8 Å². The summed E-state index contributed by atoms with van der Waals surface area (Å²) in [6, 6.07) is 9.16. The molecule has 116 valence electrons. The number of hydrogen-bond acceptors (Lipinski definition) is 6. The fourth-order valence-corrected chi connectivity index (χ4v) is 1.73. The number of hydrazone groups is 1. The van der Waals surface area contributed by atoms with Crippen LogP contribution in [-0.4, -0.2) is 31.0 Å². The Bertz CT molecular complexity index is 672. The number of hydrogen-bond donors (Lipinski definition) is 1. The molecule has 22 heavy (non-hydrogen) atoms. The van der Waals surface area contributed by atoms with E-state index in [9.17, 15) is 9.59 Å². The van der Waals surface area contributed by atoms with Crippen LogP contribution in [0.2, 0.25) is 0 Å². The van der Waals surface area contributed by atoms with Gasteiger partial charge in [-0.3, -0.25) is 4.79 Å². The highest BCUT2D eigenvalue weighted by molar-refractivity contribution is 6.03. The van der Waals surface area contributed by atoms with Crippen molar-refractivity contribution < 1.29 is 23.5 Å². The molecule has 1 amide bonds. The molecule has 1 heterocycles. The number of amides is 1. The Morgan fingerprint density at radius 1 is 1.27 bits per heavy atom. The van der Waals surface area contributed by atoms with Crippen LogP contribution in [0.25, 0.3) is 11.0 Å². The number of nitrogens with one attached hydrogen (secondary N) is 1. The molecule has 0 atom stereocenters. The number of fused-ring (bicyclic) bond motifs is 1. The highest BCUT2D eigenvalue weighted by atomic mass is 16.6. The van der Waals surface area contributed by atoms with Crippen molar-refractivity contribution in [3.8, 4) is 0 Å². The van der Waals surface area contributed by atoms with Gasteiger partial charge in [-0.15, -0.1) is 0 Å². The predicted molar refractivity (Wildman–Crippen MR) is 79.5 cm³/mol. The first kappa shape index (κ1) is 15.6. The van der Waals surface area contributed by atoms with E-state index >= 15 is 0 Å². The maximum Gasteiger partial charge on any atom is 0.427 e. The molecule has 0 bridgehead atoms. The van der Waals surface area contributed by atoms with Gasteiger partial charge < -0.3 is 13.9 Å². The zero-order valence-corrected chi connectivity index (χ0v) is 12.3. The van der Waals surface area contributed by atoms with Crippen molar-refractivity contribution in [1.29, 1.82) is 0 Å². The van der Waals surface area contributed by atoms with Crippen LogP contribution in [0.5, 0.6) is 0 Å². The minimum atomic E-state index is -0.695. The van der Waals surface area contributed by atoms with Crippen molar-refractivity contribution in [2.75, 3.05) is 13.2 Å². The van der Waals surface area contributed by atoms with Crippen molar-refractivity contribution in [2.24, 2.45) is 5.10 Å². The highest BCUT2D eigenvalue weighted by Gasteiger charge is 2.13. The molecule has 0 aliphatic carbocycles. The molecule has 7 heteroatoms. The van der Waals surface area contributed by atoms with Gasteiger partial charge in [0.1, 0.15) is 17.9 Å². The summed E-state index contributed by atoms with van der Waals surface area (Å²) in [5, 5.41) is 4.78. The van der Waals surface area contributed by atoms with E-state index in [0.29, 0.717) is 11.3 Å². The fourth-order valence-electron chi connectivity index (χ4n) is 1.73. The first-order chi connectivity index (χ1) is 10.6. The van der Waals surface area contributed by atoms with Gasteiger partial charge in [0.15, 0.2) is 5.76 Å². The molecule has 2 rings (SSSR count). The van der Waals surface area contributed by atoms with Gasteiger partial charge in [0.25, 0.3) is 0 Å². The molecule has 0 saturated carbocycles. The lowest BCUT2D eigenvalue weighted by Crippen LogP contribution is -2.23. The lowest BCUT2D eigenvalue weighted by Gasteiger charge is -2.05.